The van der Waals surface area contributed by atoms with E-state index in [1.807, 2.05) is 25.1 Å². The Hall–Kier alpha value is -1.67. The summed E-state index contributed by atoms with van der Waals surface area (Å²) in [6.07, 6.45) is 3.85. The maximum atomic E-state index is 13.0. The third kappa shape index (κ3) is 4.35. The molecule has 0 spiro atoms. The standard InChI is InChI=1S/C18H21BrN4O2S/c1-3-5-6-9-23-17(24)13-10-12(19)7-8-14(13)20-18(23)26-11-15-21-16(4-2)25-22-15/h7-8,10H,3-6,9,11H2,1-2H3. The van der Waals surface area contributed by atoms with Crippen molar-refractivity contribution in [2.75, 3.05) is 0 Å². The minimum absolute atomic E-state index is 0.00253. The highest BCUT2D eigenvalue weighted by Crippen LogP contribution is 2.23. The highest BCUT2D eigenvalue weighted by Gasteiger charge is 2.14. The molecule has 138 valence electrons. The van der Waals surface area contributed by atoms with Gasteiger partial charge in [0.05, 0.1) is 16.7 Å². The Balaban J connectivity index is 1.93. The van der Waals surface area contributed by atoms with Crippen molar-refractivity contribution < 1.29 is 4.52 Å². The van der Waals surface area contributed by atoms with E-state index in [0.717, 1.165) is 23.7 Å². The van der Waals surface area contributed by atoms with E-state index < -0.39 is 0 Å². The Morgan fingerprint density at radius 3 is 2.81 bits per heavy atom. The molecule has 0 radical (unpaired) electrons. The molecule has 0 aliphatic carbocycles. The molecular formula is C18H21BrN4O2S. The van der Waals surface area contributed by atoms with Crippen LogP contribution in [-0.2, 0) is 18.7 Å². The summed E-state index contributed by atoms with van der Waals surface area (Å²) in [6, 6.07) is 5.60. The molecule has 0 unspecified atom stereocenters. The molecule has 1 aromatic carbocycles. The lowest BCUT2D eigenvalue weighted by molar-refractivity contribution is 0.378. The van der Waals surface area contributed by atoms with E-state index in [4.69, 9.17) is 9.51 Å². The number of thioether (sulfide) groups is 1. The normalized spacial score (nSPS) is 11.3. The minimum atomic E-state index is -0.00253. The number of halogens is 1. The van der Waals surface area contributed by atoms with Gasteiger partial charge in [-0.2, -0.15) is 4.98 Å². The van der Waals surface area contributed by atoms with E-state index in [-0.39, 0.29) is 5.56 Å². The molecule has 0 saturated heterocycles. The van der Waals surface area contributed by atoms with Gasteiger partial charge in [0.1, 0.15) is 0 Å². The van der Waals surface area contributed by atoms with Gasteiger partial charge in [0.15, 0.2) is 11.0 Å². The molecule has 3 rings (SSSR count). The van der Waals surface area contributed by atoms with Crippen LogP contribution in [0.5, 0.6) is 0 Å². The molecule has 0 aliphatic heterocycles. The number of benzene rings is 1. The van der Waals surface area contributed by atoms with Gasteiger partial charge >= 0.3 is 0 Å². The van der Waals surface area contributed by atoms with Crippen molar-refractivity contribution in [2.24, 2.45) is 0 Å². The topological polar surface area (TPSA) is 73.8 Å². The van der Waals surface area contributed by atoms with Gasteiger partial charge in [-0.25, -0.2) is 4.98 Å². The van der Waals surface area contributed by atoms with Gasteiger partial charge in [-0.05, 0) is 24.6 Å². The van der Waals surface area contributed by atoms with Crippen LogP contribution in [0, 0.1) is 0 Å². The van der Waals surface area contributed by atoms with Crippen molar-refractivity contribution in [3.05, 3.63) is 44.7 Å². The highest BCUT2D eigenvalue weighted by molar-refractivity contribution is 9.10. The molecule has 0 N–H and O–H groups in total. The summed E-state index contributed by atoms with van der Waals surface area (Å²) < 4.78 is 7.80. The van der Waals surface area contributed by atoms with Crippen LogP contribution >= 0.6 is 27.7 Å². The summed E-state index contributed by atoms with van der Waals surface area (Å²) in [5, 5.41) is 5.31. The van der Waals surface area contributed by atoms with Crippen molar-refractivity contribution in [2.45, 2.75) is 57.0 Å². The number of unbranched alkanes of at least 4 members (excludes halogenated alkanes) is 2. The van der Waals surface area contributed by atoms with Gasteiger partial charge in [0.25, 0.3) is 5.56 Å². The van der Waals surface area contributed by atoms with Crippen LogP contribution in [0.4, 0.5) is 0 Å². The monoisotopic (exact) mass is 436 g/mol. The average molecular weight is 437 g/mol. The van der Waals surface area contributed by atoms with E-state index >= 15 is 0 Å². The molecule has 0 aliphatic rings. The van der Waals surface area contributed by atoms with E-state index in [2.05, 4.69) is 33.0 Å². The Labute approximate surface area is 164 Å². The summed E-state index contributed by atoms with van der Waals surface area (Å²) in [5.41, 5.74) is 0.701. The largest absolute Gasteiger partial charge is 0.339 e. The van der Waals surface area contributed by atoms with Crippen molar-refractivity contribution in [1.82, 2.24) is 19.7 Å². The number of aromatic nitrogens is 4. The molecular weight excluding hydrogens is 416 g/mol. The Morgan fingerprint density at radius 1 is 1.23 bits per heavy atom. The van der Waals surface area contributed by atoms with Crippen molar-refractivity contribution in [1.29, 1.82) is 0 Å². The molecule has 0 saturated carbocycles. The van der Waals surface area contributed by atoms with Crippen molar-refractivity contribution >= 4 is 38.6 Å². The fraction of sp³-hybridized carbons (Fsp3) is 0.444. The smallest absolute Gasteiger partial charge is 0.262 e. The Morgan fingerprint density at radius 2 is 2.08 bits per heavy atom. The zero-order valence-corrected chi connectivity index (χ0v) is 17.3. The molecule has 2 heterocycles. The number of aryl methyl sites for hydroxylation is 1. The molecule has 6 nitrogen and oxygen atoms in total. The number of nitrogens with zero attached hydrogens (tertiary/aromatic N) is 4. The second-order valence-electron chi connectivity index (χ2n) is 5.97. The van der Waals surface area contributed by atoms with E-state index in [1.54, 1.807) is 4.57 Å². The number of rotatable bonds is 8. The van der Waals surface area contributed by atoms with E-state index in [1.165, 1.54) is 11.8 Å². The summed E-state index contributed by atoms with van der Waals surface area (Å²) in [6.45, 7) is 4.78. The van der Waals surface area contributed by atoms with Crippen LogP contribution in [0.15, 0.2) is 37.1 Å². The maximum Gasteiger partial charge on any atom is 0.262 e. The zero-order chi connectivity index (χ0) is 18.5. The third-order valence-electron chi connectivity index (χ3n) is 4.01. The lowest BCUT2D eigenvalue weighted by Crippen LogP contribution is -2.23. The summed E-state index contributed by atoms with van der Waals surface area (Å²) in [5.74, 6) is 1.76. The first-order chi connectivity index (χ1) is 12.6. The zero-order valence-electron chi connectivity index (χ0n) is 14.9. The lowest BCUT2D eigenvalue weighted by Gasteiger charge is -2.12. The number of hydrogen-bond acceptors (Lipinski definition) is 6. The van der Waals surface area contributed by atoms with Gasteiger partial charge in [-0.3, -0.25) is 9.36 Å². The molecule has 0 atom stereocenters. The first-order valence-electron chi connectivity index (χ1n) is 8.76. The predicted octanol–water partition coefficient (Wildman–Crippen LogP) is 4.59. The van der Waals surface area contributed by atoms with Crippen molar-refractivity contribution in [3.8, 4) is 0 Å². The summed E-state index contributed by atoms with van der Waals surface area (Å²) in [4.78, 5) is 22.0. The molecule has 3 aromatic rings. The maximum absolute atomic E-state index is 13.0. The van der Waals surface area contributed by atoms with Gasteiger partial charge in [0, 0.05) is 17.4 Å². The van der Waals surface area contributed by atoms with E-state index in [0.29, 0.717) is 46.5 Å². The van der Waals surface area contributed by atoms with Crippen molar-refractivity contribution in [3.63, 3.8) is 0 Å². The first kappa shape index (κ1) is 19.1. The summed E-state index contributed by atoms with van der Waals surface area (Å²) >= 11 is 4.91. The van der Waals surface area contributed by atoms with Crippen LogP contribution < -0.4 is 5.56 Å². The van der Waals surface area contributed by atoms with Gasteiger partial charge < -0.3 is 4.52 Å². The second-order valence-corrected chi connectivity index (χ2v) is 7.82. The van der Waals surface area contributed by atoms with Gasteiger partial charge in [-0.15, -0.1) is 0 Å². The van der Waals surface area contributed by atoms with Crippen LogP contribution in [0.1, 0.15) is 44.8 Å². The molecule has 26 heavy (non-hydrogen) atoms. The van der Waals surface area contributed by atoms with Crippen LogP contribution in [-0.4, -0.2) is 19.7 Å². The molecule has 0 bridgehead atoms. The quantitative estimate of drug-likeness (QED) is 0.292. The second kappa shape index (κ2) is 8.81. The lowest BCUT2D eigenvalue weighted by atomic mass is 10.2. The molecule has 2 aromatic heterocycles. The summed E-state index contributed by atoms with van der Waals surface area (Å²) in [7, 11) is 0. The Kier molecular flexibility index (Phi) is 6.48. The van der Waals surface area contributed by atoms with Crippen LogP contribution in [0.2, 0.25) is 0 Å². The molecule has 0 amide bonds. The predicted molar refractivity (Wildman–Crippen MR) is 106 cm³/mol. The molecule has 8 heteroatoms. The fourth-order valence-electron chi connectivity index (χ4n) is 2.62. The van der Waals surface area contributed by atoms with Gasteiger partial charge in [0.2, 0.25) is 5.89 Å². The van der Waals surface area contributed by atoms with Crippen LogP contribution in [0.3, 0.4) is 0 Å². The SMILES string of the molecule is CCCCCn1c(SCc2noc(CC)n2)nc2ccc(Br)cc2c1=O. The van der Waals surface area contributed by atoms with E-state index in [9.17, 15) is 4.79 Å². The number of hydrogen-bond donors (Lipinski definition) is 0. The third-order valence-corrected chi connectivity index (χ3v) is 5.48. The first-order valence-corrected chi connectivity index (χ1v) is 10.5. The molecule has 0 fully saturated rings. The van der Waals surface area contributed by atoms with Crippen LogP contribution in [0.25, 0.3) is 10.9 Å². The average Bonchev–Trinajstić information content (AvgIpc) is 3.11. The van der Waals surface area contributed by atoms with Gasteiger partial charge in [-0.1, -0.05) is 59.5 Å². The fourth-order valence-corrected chi connectivity index (χ4v) is 3.85. The highest BCUT2D eigenvalue weighted by atomic mass is 79.9. The Bertz CT molecular complexity index is 954. The minimum Gasteiger partial charge on any atom is -0.339 e. The number of fused-ring (bicyclic) bond motifs is 1.